The Balaban J connectivity index is 1.35. The first-order chi connectivity index (χ1) is 27.6. The lowest BCUT2D eigenvalue weighted by Crippen LogP contribution is -2.32. The molecule has 0 saturated carbocycles. The van der Waals surface area contributed by atoms with E-state index >= 15 is 0 Å². The number of nitrogens with one attached hydrogen (secondary N) is 2. The number of hydrogen-bond donors (Lipinski definition) is 7. The van der Waals surface area contributed by atoms with Crippen LogP contribution in [0.25, 0.3) is 0 Å². The third-order valence-electron chi connectivity index (χ3n) is 10.0. The third-order valence-corrected chi connectivity index (χ3v) is 11.6. The molecule has 0 amide bonds. The predicted octanol–water partition coefficient (Wildman–Crippen LogP) is 7.05. The molecule has 5 rings (SSSR count). The number of amidine groups is 1. The minimum absolute atomic E-state index is 0.231. The van der Waals surface area contributed by atoms with Gasteiger partial charge in [-0.15, -0.1) is 5.73 Å². The van der Waals surface area contributed by atoms with Crippen molar-refractivity contribution in [2.75, 3.05) is 13.1 Å². The summed E-state index contributed by atoms with van der Waals surface area (Å²) in [6, 6.07) is 22.5. The molecule has 12 N–H and O–H groups in total. The standard InChI is InChI=1S/C48H59N8S/c1-3-12-46(54)55-25-23-39-30-37(15-5-8-18-42(49)4-2)32-41(33-39)47-43-24-26-56(43)48(57-47)40-17-11-16-34(31-40)21-22-38-28-35(13-6-9-19-44(50)51)27-36(29-38)14-7-10-20-45(52)53/h3,8-9,11-12,16-19,27-33,44,47-48,55H,1-2,5-7,10,13-15,20,23-26,49-51,54H2,(H3,52,53)/q+1. The maximum Gasteiger partial charge on any atom is 0.225 e. The summed E-state index contributed by atoms with van der Waals surface area (Å²) >= 11 is 2.03. The molecule has 0 fully saturated rings. The molecule has 296 valence electrons. The van der Waals surface area contributed by atoms with Crippen LogP contribution in [0, 0.1) is 17.3 Å². The zero-order valence-electron chi connectivity index (χ0n) is 33.1. The van der Waals surface area contributed by atoms with Gasteiger partial charge in [0.2, 0.25) is 5.37 Å². The lowest BCUT2D eigenvalue weighted by Gasteiger charge is -2.17. The fraction of sp³-hybridized carbons (Fsp3) is 0.312. The molecule has 0 aromatic heterocycles. The molecule has 2 heterocycles. The lowest BCUT2D eigenvalue weighted by molar-refractivity contribution is -0.568. The molecule has 8 nitrogen and oxygen atoms in total. The minimum atomic E-state index is -0.443. The van der Waals surface area contributed by atoms with E-state index in [4.69, 9.17) is 34.1 Å². The van der Waals surface area contributed by atoms with Crippen molar-refractivity contribution in [1.82, 2.24) is 5.32 Å². The fourth-order valence-electron chi connectivity index (χ4n) is 7.20. The van der Waals surface area contributed by atoms with Gasteiger partial charge in [-0.2, -0.15) is 0 Å². The number of thioether (sulfide) groups is 1. The Hall–Kier alpha value is -5.49. The fourth-order valence-corrected chi connectivity index (χ4v) is 8.86. The highest BCUT2D eigenvalue weighted by atomic mass is 32.2. The number of nitrogens with zero attached hydrogens (tertiary/aromatic N) is 1. The first kappa shape index (κ1) is 42.6. The van der Waals surface area contributed by atoms with E-state index in [1.807, 2.05) is 30.0 Å². The molecule has 0 aliphatic carbocycles. The first-order valence-electron chi connectivity index (χ1n) is 19.9. The normalized spacial score (nSPS) is 16.3. The largest absolute Gasteiger partial charge is 0.392 e. The van der Waals surface area contributed by atoms with Crippen LogP contribution in [0.4, 0.5) is 0 Å². The molecule has 2 atom stereocenters. The molecule has 0 radical (unpaired) electrons. The highest BCUT2D eigenvalue weighted by molar-refractivity contribution is 8.00. The van der Waals surface area contributed by atoms with Crippen LogP contribution in [0.3, 0.4) is 0 Å². The van der Waals surface area contributed by atoms with Gasteiger partial charge in [-0.05, 0) is 116 Å². The Kier molecular flexibility index (Phi) is 16.2. The van der Waals surface area contributed by atoms with Crippen LogP contribution in [-0.4, -0.2) is 35.4 Å². The summed E-state index contributed by atoms with van der Waals surface area (Å²) in [4.78, 5) is 0. The van der Waals surface area contributed by atoms with E-state index in [0.717, 1.165) is 82.0 Å². The van der Waals surface area contributed by atoms with Crippen molar-refractivity contribution in [1.29, 1.82) is 5.41 Å². The van der Waals surface area contributed by atoms with Gasteiger partial charge in [0.25, 0.3) is 0 Å². The maximum atomic E-state index is 7.56. The van der Waals surface area contributed by atoms with E-state index in [0.29, 0.717) is 17.9 Å². The summed E-state index contributed by atoms with van der Waals surface area (Å²) in [5.74, 6) is 7.85. The smallest absolute Gasteiger partial charge is 0.225 e. The molecule has 2 aliphatic heterocycles. The Labute approximate surface area is 344 Å². The summed E-state index contributed by atoms with van der Waals surface area (Å²) in [6.07, 6.45) is 19.8. The van der Waals surface area contributed by atoms with Crippen molar-refractivity contribution in [3.63, 3.8) is 0 Å². The number of allylic oxidation sites excluding steroid dienone is 5. The predicted molar refractivity (Wildman–Crippen MR) is 241 cm³/mol. The number of unbranched alkanes of at least 4 members (excludes halogenated alkanes) is 1. The van der Waals surface area contributed by atoms with Crippen LogP contribution < -0.4 is 34.0 Å². The molecule has 0 spiro atoms. The summed E-state index contributed by atoms with van der Waals surface area (Å²) in [7, 11) is 0. The zero-order valence-corrected chi connectivity index (χ0v) is 33.9. The van der Waals surface area contributed by atoms with Gasteiger partial charge in [0, 0.05) is 29.7 Å². The van der Waals surface area contributed by atoms with E-state index in [2.05, 4.69) is 107 Å². The van der Waals surface area contributed by atoms with Gasteiger partial charge in [-0.25, -0.2) is 4.58 Å². The van der Waals surface area contributed by atoms with Crippen LogP contribution in [0.1, 0.15) is 93.7 Å². The van der Waals surface area contributed by atoms with E-state index < -0.39 is 6.17 Å². The van der Waals surface area contributed by atoms with Gasteiger partial charge in [0.15, 0.2) is 12.3 Å². The summed E-state index contributed by atoms with van der Waals surface area (Å²) in [5, 5.41) is 11.4. The number of hydrogen-bond acceptors (Lipinski definition) is 7. The Morgan fingerprint density at radius 1 is 0.877 bits per heavy atom. The molecular weight excluding hydrogens is 721 g/mol. The molecule has 9 heteroatoms. The van der Waals surface area contributed by atoms with Crippen molar-refractivity contribution in [2.45, 2.75) is 81.0 Å². The van der Waals surface area contributed by atoms with Gasteiger partial charge < -0.3 is 34.0 Å². The highest BCUT2D eigenvalue weighted by Crippen LogP contribution is 2.51. The average molecular weight is 780 g/mol. The van der Waals surface area contributed by atoms with Crippen molar-refractivity contribution in [3.05, 3.63) is 172 Å². The Morgan fingerprint density at radius 3 is 2.26 bits per heavy atom. The number of nitrogens with two attached hydrogens (primary N) is 5. The highest BCUT2D eigenvalue weighted by Gasteiger charge is 2.48. The number of rotatable bonds is 20. The van der Waals surface area contributed by atoms with Crippen molar-refractivity contribution in [3.8, 4) is 11.8 Å². The second-order valence-corrected chi connectivity index (χ2v) is 15.9. The van der Waals surface area contributed by atoms with Crippen molar-refractivity contribution in [2.24, 2.45) is 28.7 Å². The van der Waals surface area contributed by atoms with Crippen LogP contribution in [0.15, 0.2) is 128 Å². The molecule has 0 saturated heterocycles. The first-order valence-corrected chi connectivity index (χ1v) is 20.9. The second-order valence-electron chi connectivity index (χ2n) is 14.7. The Bertz CT molecular complexity index is 2140. The van der Waals surface area contributed by atoms with Crippen LogP contribution in [0.5, 0.6) is 0 Å². The molecule has 2 unspecified atom stereocenters. The quantitative estimate of drug-likeness (QED) is 0.00743. The minimum Gasteiger partial charge on any atom is -0.392 e. The van der Waals surface area contributed by atoms with Gasteiger partial charge in [-0.3, -0.25) is 5.41 Å². The molecule has 0 bridgehead atoms. The zero-order chi connectivity index (χ0) is 40.6. The van der Waals surface area contributed by atoms with Crippen LogP contribution in [0.2, 0.25) is 0 Å². The van der Waals surface area contributed by atoms with E-state index in [1.165, 1.54) is 39.1 Å². The molecule has 57 heavy (non-hydrogen) atoms. The number of aryl methyl sites for hydroxylation is 3. The van der Waals surface area contributed by atoms with Crippen LogP contribution >= 0.6 is 11.8 Å². The van der Waals surface area contributed by atoms with E-state index in [9.17, 15) is 0 Å². The SMILES string of the molecule is C=C=C(N)C=CCCc1cc(CCNC(N)=CC=C)cc(C2SC(c3cccc(C#Cc4cc(CCC=CC(N)N)cc(CCCCC(=N)N)c4)c3)[N+]3=C2CC3)c1. The Morgan fingerprint density at radius 2 is 1.58 bits per heavy atom. The molecule has 2 aliphatic rings. The molecule has 3 aromatic carbocycles. The van der Waals surface area contributed by atoms with Crippen molar-refractivity contribution < 1.29 is 4.58 Å². The molecular formula is C48H59N8S+. The van der Waals surface area contributed by atoms with Gasteiger partial charge >= 0.3 is 0 Å². The van der Waals surface area contributed by atoms with Crippen molar-refractivity contribution >= 4 is 23.3 Å². The molecule has 3 aromatic rings. The topological polar surface area (TPSA) is 169 Å². The summed E-state index contributed by atoms with van der Waals surface area (Å²) in [5.41, 5.74) is 43.5. The van der Waals surface area contributed by atoms with Gasteiger partial charge in [0.1, 0.15) is 5.25 Å². The monoisotopic (exact) mass is 779 g/mol. The summed E-state index contributed by atoms with van der Waals surface area (Å²) < 4.78 is 2.58. The summed E-state index contributed by atoms with van der Waals surface area (Å²) in [6.45, 7) is 9.17. The van der Waals surface area contributed by atoms with Gasteiger partial charge in [0.05, 0.1) is 29.9 Å². The van der Waals surface area contributed by atoms with E-state index in [-0.39, 0.29) is 16.5 Å². The lowest BCUT2D eigenvalue weighted by atomic mass is 9.94. The average Bonchev–Trinajstić information content (AvgIpc) is 3.45. The number of benzene rings is 3. The van der Waals surface area contributed by atoms with Crippen LogP contribution in [-0.2, 0) is 25.7 Å². The van der Waals surface area contributed by atoms with Gasteiger partial charge in [-0.1, -0.05) is 97.5 Å². The third kappa shape index (κ3) is 13.3. The van der Waals surface area contributed by atoms with E-state index in [1.54, 1.807) is 12.2 Å². The maximum absolute atomic E-state index is 7.56. The second kappa shape index (κ2) is 21.7.